The summed E-state index contributed by atoms with van der Waals surface area (Å²) in [6, 6.07) is 8.58. The molecule has 2 aromatic heterocycles. The summed E-state index contributed by atoms with van der Waals surface area (Å²) in [6.45, 7) is 1.86. The predicted octanol–water partition coefficient (Wildman–Crippen LogP) is 4.53. The maximum atomic E-state index is 12.8. The highest BCUT2D eigenvalue weighted by Gasteiger charge is 2.18. The van der Waals surface area contributed by atoms with Crippen molar-refractivity contribution >= 4 is 22.5 Å². The number of aromatic amines is 1. The molecular formula is C20H15ClN2O4. The largest absolute Gasteiger partial charge is 0.503 e. The minimum Gasteiger partial charge on any atom is -0.503 e. The van der Waals surface area contributed by atoms with E-state index >= 15 is 0 Å². The quantitative estimate of drug-likeness (QED) is 0.543. The number of nitrogens with zero attached hydrogens (tertiary/aromatic N) is 1. The van der Waals surface area contributed by atoms with E-state index < -0.39 is 5.43 Å². The second kappa shape index (κ2) is 6.48. The third-order valence-corrected chi connectivity index (χ3v) is 4.86. The summed E-state index contributed by atoms with van der Waals surface area (Å²) in [5, 5.41) is 11.4. The Labute approximate surface area is 159 Å². The number of oxazole rings is 1. The monoisotopic (exact) mass is 382 g/mol. The van der Waals surface area contributed by atoms with E-state index in [1.54, 1.807) is 30.3 Å². The molecule has 6 nitrogen and oxygen atoms in total. The summed E-state index contributed by atoms with van der Waals surface area (Å²) >= 11 is 6.08. The summed E-state index contributed by atoms with van der Waals surface area (Å²) in [7, 11) is 1.53. The summed E-state index contributed by atoms with van der Waals surface area (Å²) in [4.78, 5) is 19.8. The molecule has 2 aromatic carbocycles. The second-order valence-electron chi connectivity index (χ2n) is 6.11. The third-order valence-electron chi connectivity index (χ3n) is 4.44. The Morgan fingerprint density at radius 2 is 2.07 bits per heavy atom. The Bertz CT molecular complexity index is 1210. The number of hydrogen-bond acceptors (Lipinski definition) is 5. The van der Waals surface area contributed by atoms with Crippen LogP contribution in [0.15, 0.2) is 52.1 Å². The van der Waals surface area contributed by atoms with Gasteiger partial charge in [-0.1, -0.05) is 17.7 Å². The molecule has 0 spiro atoms. The highest BCUT2D eigenvalue weighted by Crippen LogP contribution is 2.35. The van der Waals surface area contributed by atoms with Crippen LogP contribution < -0.4 is 10.2 Å². The lowest BCUT2D eigenvalue weighted by atomic mass is 10.0. The highest BCUT2D eigenvalue weighted by molar-refractivity contribution is 6.31. The van der Waals surface area contributed by atoms with Crippen molar-refractivity contribution in [3.63, 3.8) is 0 Å². The van der Waals surface area contributed by atoms with Gasteiger partial charge in [0.15, 0.2) is 17.9 Å². The van der Waals surface area contributed by atoms with Crippen molar-refractivity contribution in [1.29, 1.82) is 0 Å². The van der Waals surface area contributed by atoms with Crippen molar-refractivity contribution in [1.82, 2.24) is 9.97 Å². The van der Waals surface area contributed by atoms with Gasteiger partial charge < -0.3 is 19.2 Å². The van der Waals surface area contributed by atoms with Crippen LogP contribution in [0, 0.1) is 6.92 Å². The van der Waals surface area contributed by atoms with Gasteiger partial charge in [-0.05, 0) is 30.7 Å². The SMILES string of the molecule is COc1cc2[nH]c(-c3ccc(Cl)c(C)c3)c(O)c(=O)c2cc1-c1cnco1. The van der Waals surface area contributed by atoms with Crippen molar-refractivity contribution in [2.45, 2.75) is 6.92 Å². The number of aromatic hydroxyl groups is 1. The number of ether oxygens (including phenoxy) is 1. The summed E-state index contributed by atoms with van der Waals surface area (Å²) in [6.07, 6.45) is 2.83. The number of rotatable bonds is 3. The van der Waals surface area contributed by atoms with Crippen LogP contribution in [-0.2, 0) is 0 Å². The van der Waals surface area contributed by atoms with Crippen LogP contribution in [0.3, 0.4) is 0 Å². The number of pyridine rings is 1. The van der Waals surface area contributed by atoms with Crippen LogP contribution in [0.4, 0.5) is 0 Å². The molecule has 0 saturated carbocycles. The standard InChI is InChI=1S/C20H15ClN2O4/c1-10-5-11(3-4-14(10)21)18-20(25)19(24)12-6-13(17-8-22-9-27-17)16(26-2)7-15(12)23-18/h3-9,25H,1-2H3,(H,23,24). The Hall–Kier alpha value is -3.25. The van der Waals surface area contributed by atoms with Gasteiger partial charge in [-0.15, -0.1) is 0 Å². The normalized spacial score (nSPS) is 11.1. The molecule has 0 unspecified atom stereocenters. The molecule has 0 saturated heterocycles. The zero-order valence-corrected chi connectivity index (χ0v) is 15.3. The fourth-order valence-corrected chi connectivity index (χ4v) is 3.14. The first-order valence-corrected chi connectivity index (χ1v) is 8.49. The van der Waals surface area contributed by atoms with Gasteiger partial charge in [-0.3, -0.25) is 4.79 Å². The molecule has 0 aliphatic rings. The number of aromatic nitrogens is 2. The van der Waals surface area contributed by atoms with E-state index in [2.05, 4.69) is 9.97 Å². The second-order valence-corrected chi connectivity index (χ2v) is 6.51. The van der Waals surface area contributed by atoms with Gasteiger partial charge in [0, 0.05) is 16.7 Å². The van der Waals surface area contributed by atoms with Crippen LogP contribution >= 0.6 is 11.6 Å². The van der Waals surface area contributed by atoms with E-state index in [1.165, 1.54) is 19.7 Å². The molecule has 0 aliphatic heterocycles. The lowest BCUT2D eigenvalue weighted by Gasteiger charge is -2.12. The number of nitrogens with one attached hydrogen (secondary N) is 1. The smallest absolute Gasteiger partial charge is 0.231 e. The highest BCUT2D eigenvalue weighted by atomic mass is 35.5. The Balaban J connectivity index is 2.00. The van der Waals surface area contributed by atoms with Gasteiger partial charge in [0.05, 0.1) is 35.5 Å². The topological polar surface area (TPSA) is 88.4 Å². The summed E-state index contributed by atoms with van der Waals surface area (Å²) in [5.41, 5.74) is 2.43. The van der Waals surface area contributed by atoms with E-state index in [0.717, 1.165) is 5.56 Å². The maximum Gasteiger partial charge on any atom is 0.231 e. The van der Waals surface area contributed by atoms with Gasteiger partial charge in [-0.25, -0.2) is 4.98 Å². The van der Waals surface area contributed by atoms with Gasteiger partial charge in [0.2, 0.25) is 5.43 Å². The van der Waals surface area contributed by atoms with Crippen LogP contribution in [0.5, 0.6) is 11.5 Å². The number of methoxy groups -OCH3 is 1. The molecule has 7 heteroatoms. The van der Waals surface area contributed by atoms with E-state index in [-0.39, 0.29) is 5.75 Å². The molecule has 0 amide bonds. The van der Waals surface area contributed by atoms with E-state index in [1.807, 2.05) is 6.92 Å². The van der Waals surface area contributed by atoms with Gasteiger partial charge in [0.25, 0.3) is 0 Å². The Morgan fingerprint density at radius 3 is 2.74 bits per heavy atom. The van der Waals surface area contributed by atoms with Crippen molar-refractivity contribution in [3.8, 4) is 34.1 Å². The summed E-state index contributed by atoms with van der Waals surface area (Å²) in [5.74, 6) is 0.613. The van der Waals surface area contributed by atoms with Crippen molar-refractivity contribution < 1.29 is 14.3 Å². The summed E-state index contributed by atoms with van der Waals surface area (Å²) < 4.78 is 10.8. The van der Waals surface area contributed by atoms with Crippen molar-refractivity contribution in [2.24, 2.45) is 0 Å². The van der Waals surface area contributed by atoms with E-state index in [9.17, 15) is 9.90 Å². The molecule has 0 atom stereocenters. The first-order chi connectivity index (χ1) is 13.0. The van der Waals surface area contributed by atoms with Gasteiger partial charge >= 0.3 is 0 Å². The average Bonchev–Trinajstić information content (AvgIpc) is 3.20. The lowest BCUT2D eigenvalue weighted by Crippen LogP contribution is -2.06. The van der Waals surface area contributed by atoms with Gasteiger partial charge in [-0.2, -0.15) is 0 Å². The Kier molecular flexibility index (Phi) is 4.12. The molecule has 0 fully saturated rings. The molecule has 27 heavy (non-hydrogen) atoms. The maximum absolute atomic E-state index is 12.8. The minimum atomic E-state index is -0.491. The van der Waals surface area contributed by atoms with Gasteiger partial charge in [0.1, 0.15) is 5.75 Å². The number of H-pyrrole nitrogens is 1. The first kappa shape index (κ1) is 17.2. The zero-order valence-electron chi connectivity index (χ0n) is 14.5. The average molecular weight is 383 g/mol. The molecule has 4 rings (SSSR count). The van der Waals surface area contributed by atoms with Crippen molar-refractivity contribution in [2.75, 3.05) is 7.11 Å². The Morgan fingerprint density at radius 1 is 1.26 bits per heavy atom. The number of hydrogen-bond donors (Lipinski definition) is 2. The number of benzene rings is 2. The predicted molar refractivity (Wildman–Crippen MR) is 103 cm³/mol. The zero-order chi connectivity index (χ0) is 19.1. The van der Waals surface area contributed by atoms with Crippen LogP contribution in [0.1, 0.15) is 5.56 Å². The first-order valence-electron chi connectivity index (χ1n) is 8.12. The molecule has 136 valence electrons. The molecule has 4 aromatic rings. The molecular weight excluding hydrogens is 368 g/mol. The third kappa shape index (κ3) is 2.84. The molecule has 0 radical (unpaired) electrons. The van der Waals surface area contributed by atoms with Crippen LogP contribution in [0.25, 0.3) is 33.5 Å². The fraction of sp³-hybridized carbons (Fsp3) is 0.100. The number of fused-ring (bicyclic) bond motifs is 1. The molecule has 2 N–H and O–H groups in total. The number of halogens is 1. The molecule has 0 aliphatic carbocycles. The van der Waals surface area contributed by atoms with Crippen molar-refractivity contribution in [3.05, 3.63) is 63.7 Å². The minimum absolute atomic E-state index is 0.314. The molecule has 0 bridgehead atoms. The van der Waals surface area contributed by atoms with E-state index in [0.29, 0.717) is 44.3 Å². The van der Waals surface area contributed by atoms with Crippen LogP contribution in [0.2, 0.25) is 5.02 Å². The van der Waals surface area contributed by atoms with E-state index in [4.69, 9.17) is 20.8 Å². The fourth-order valence-electron chi connectivity index (χ4n) is 3.03. The van der Waals surface area contributed by atoms with Crippen LogP contribution in [-0.4, -0.2) is 22.2 Å². The molecule has 2 heterocycles. The lowest BCUT2D eigenvalue weighted by molar-refractivity contribution is 0.415. The number of aryl methyl sites for hydroxylation is 1.